The summed E-state index contributed by atoms with van der Waals surface area (Å²) in [6.07, 6.45) is 0. The van der Waals surface area contributed by atoms with Crippen molar-refractivity contribution in [3.05, 3.63) is 173 Å². The van der Waals surface area contributed by atoms with Gasteiger partial charge in [0.1, 0.15) is 0 Å². The predicted octanol–water partition coefficient (Wildman–Crippen LogP) is 7.20. The van der Waals surface area contributed by atoms with E-state index in [-0.39, 0.29) is 11.0 Å². The van der Waals surface area contributed by atoms with Crippen molar-refractivity contribution in [3.63, 3.8) is 0 Å². The number of thiocarbonyl (C=S) groups is 1. The quantitative estimate of drug-likeness (QED) is 0.192. The lowest BCUT2D eigenvalue weighted by molar-refractivity contribution is 0.0977. The van der Waals surface area contributed by atoms with Gasteiger partial charge in [0.15, 0.2) is 5.11 Å². The zero-order chi connectivity index (χ0) is 25.5. The first-order chi connectivity index (χ1) is 18.2. The maximum atomic E-state index is 12.5. The molecule has 0 atom stereocenters. The third-order valence-electron chi connectivity index (χ3n) is 6.46. The molecule has 0 aromatic heterocycles. The molecule has 0 bridgehead atoms. The van der Waals surface area contributed by atoms with E-state index in [2.05, 4.69) is 95.6 Å². The molecule has 4 heteroatoms. The molecule has 0 heterocycles. The van der Waals surface area contributed by atoms with Crippen LogP contribution in [-0.2, 0) is 5.41 Å². The zero-order valence-electron chi connectivity index (χ0n) is 20.2. The number of hydrogen-bond donors (Lipinski definition) is 2. The maximum absolute atomic E-state index is 12.5. The summed E-state index contributed by atoms with van der Waals surface area (Å²) in [5.41, 5.74) is 5.51. The van der Waals surface area contributed by atoms with E-state index in [0.29, 0.717) is 5.56 Å². The molecule has 5 aromatic rings. The lowest BCUT2D eigenvalue weighted by Gasteiger charge is -2.37. The Bertz CT molecular complexity index is 1370. The Kier molecular flexibility index (Phi) is 7.20. The van der Waals surface area contributed by atoms with E-state index in [0.717, 1.165) is 11.3 Å². The van der Waals surface area contributed by atoms with E-state index in [1.807, 2.05) is 48.5 Å². The number of anilines is 1. The number of nitrogens with one attached hydrogen (secondary N) is 2. The zero-order valence-corrected chi connectivity index (χ0v) is 21.0. The minimum atomic E-state index is -0.510. The molecule has 0 aliphatic heterocycles. The monoisotopic (exact) mass is 498 g/mol. The molecule has 1 amide bonds. The van der Waals surface area contributed by atoms with Crippen LogP contribution >= 0.6 is 12.2 Å². The van der Waals surface area contributed by atoms with Gasteiger partial charge in [-0.3, -0.25) is 10.1 Å². The third kappa shape index (κ3) is 5.06. The van der Waals surface area contributed by atoms with Crippen LogP contribution in [0, 0.1) is 0 Å². The highest BCUT2D eigenvalue weighted by Crippen LogP contribution is 2.45. The van der Waals surface area contributed by atoms with Gasteiger partial charge in [-0.25, -0.2) is 0 Å². The van der Waals surface area contributed by atoms with Crippen molar-refractivity contribution in [2.45, 2.75) is 5.41 Å². The molecule has 0 aliphatic rings. The van der Waals surface area contributed by atoms with Gasteiger partial charge >= 0.3 is 0 Å². The molecule has 0 saturated heterocycles. The normalized spacial score (nSPS) is 10.9. The predicted molar refractivity (Wildman–Crippen MR) is 155 cm³/mol. The van der Waals surface area contributed by atoms with Crippen LogP contribution < -0.4 is 10.6 Å². The van der Waals surface area contributed by atoms with Gasteiger partial charge in [-0.1, -0.05) is 121 Å². The SMILES string of the molecule is O=C(NC(=S)Nc1ccc(C(c2ccccc2)(c2ccccc2)c2ccccc2)cc1)c1ccccc1. The van der Waals surface area contributed by atoms with Gasteiger partial charge in [-0.15, -0.1) is 0 Å². The second-order valence-electron chi connectivity index (χ2n) is 8.70. The van der Waals surface area contributed by atoms with Gasteiger partial charge in [-0.05, 0) is 58.7 Å². The standard InChI is InChI=1S/C33H26N2OS/c36-31(25-13-5-1-6-14-25)35-32(37)34-30-23-21-29(22-24-30)33(26-15-7-2-8-16-26,27-17-9-3-10-18-27)28-19-11-4-12-20-28/h1-24H,(H2,34,35,36,37). The first-order valence-corrected chi connectivity index (χ1v) is 12.5. The smallest absolute Gasteiger partial charge is 0.257 e. The van der Waals surface area contributed by atoms with E-state index < -0.39 is 5.41 Å². The number of amides is 1. The fraction of sp³-hybridized carbons (Fsp3) is 0.0303. The highest BCUT2D eigenvalue weighted by Gasteiger charge is 2.38. The Morgan fingerprint density at radius 3 is 1.32 bits per heavy atom. The molecular weight excluding hydrogens is 472 g/mol. The largest absolute Gasteiger partial charge is 0.332 e. The minimum absolute atomic E-state index is 0.244. The van der Waals surface area contributed by atoms with Crippen molar-refractivity contribution < 1.29 is 4.79 Å². The molecule has 0 radical (unpaired) electrons. The first-order valence-electron chi connectivity index (χ1n) is 12.1. The Morgan fingerprint density at radius 2 is 0.892 bits per heavy atom. The van der Waals surface area contributed by atoms with E-state index in [1.165, 1.54) is 16.7 Å². The summed E-state index contributed by atoms with van der Waals surface area (Å²) in [7, 11) is 0. The van der Waals surface area contributed by atoms with Gasteiger partial charge in [0.25, 0.3) is 5.91 Å². The summed E-state index contributed by atoms with van der Waals surface area (Å²) < 4.78 is 0. The summed E-state index contributed by atoms with van der Waals surface area (Å²) in [5, 5.41) is 6.14. The summed E-state index contributed by atoms with van der Waals surface area (Å²) in [4.78, 5) is 12.5. The fourth-order valence-electron chi connectivity index (χ4n) is 4.80. The number of hydrogen-bond acceptors (Lipinski definition) is 2. The molecule has 2 N–H and O–H groups in total. The topological polar surface area (TPSA) is 41.1 Å². The van der Waals surface area contributed by atoms with Crippen LogP contribution in [0.2, 0.25) is 0 Å². The summed E-state index contributed by atoms with van der Waals surface area (Å²) >= 11 is 5.41. The molecule has 0 aliphatic carbocycles. The average Bonchev–Trinajstić information content (AvgIpc) is 2.96. The van der Waals surface area contributed by atoms with Crippen molar-refractivity contribution in [1.82, 2.24) is 5.32 Å². The Morgan fingerprint density at radius 1 is 0.514 bits per heavy atom. The van der Waals surface area contributed by atoms with Crippen LogP contribution in [0.25, 0.3) is 0 Å². The van der Waals surface area contributed by atoms with Crippen LogP contribution in [0.4, 0.5) is 5.69 Å². The van der Waals surface area contributed by atoms with Crippen molar-refractivity contribution in [3.8, 4) is 0 Å². The number of benzene rings is 5. The maximum Gasteiger partial charge on any atom is 0.257 e. The van der Waals surface area contributed by atoms with Gasteiger partial charge in [0.2, 0.25) is 0 Å². The molecule has 0 saturated carbocycles. The molecule has 0 fully saturated rings. The van der Waals surface area contributed by atoms with Crippen molar-refractivity contribution in [2.24, 2.45) is 0 Å². The highest BCUT2D eigenvalue weighted by molar-refractivity contribution is 7.80. The Labute approximate surface area is 222 Å². The van der Waals surface area contributed by atoms with E-state index in [4.69, 9.17) is 12.2 Å². The number of carbonyl (C=O) groups excluding carboxylic acids is 1. The van der Waals surface area contributed by atoms with Gasteiger partial charge in [0.05, 0.1) is 5.41 Å². The van der Waals surface area contributed by atoms with Crippen molar-refractivity contribution in [1.29, 1.82) is 0 Å². The van der Waals surface area contributed by atoms with E-state index in [9.17, 15) is 4.79 Å². The Hall–Kier alpha value is -4.54. The first kappa shape index (κ1) is 24.2. The van der Waals surface area contributed by atoms with Crippen molar-refractivity contribution in [2.75, 3.05) is 5.32 Å². The van der Waals surface area contributed by atoms with Gasteiger partial charge in [-0.2, -0.15) is 0 Å². The number of rotatable bonds is 6. The lowest BCUT2D eigenvalue weighted by Crippen LogP contribution is -2.34. The minimum Gasteiger partial charge on any atom is -0.332 e. The molecular formula is C33H26N2OS. The molecule has 5 aromatic carbocycles. The Balaban J connectivity index is 1.51. The van der Waals surface area contributed by atoms with Crippen molar-refractivity contribution >= 4 is 28.9 Å². The van der Waals surface area contributed by atoms with Gasteiger partial charge < -0.3 is 5.32 Å². The molecule has 37 heavy (non-hydrogen) atoms. The summed E-state index contributed by atoms with van der Waals surface area (Å²) in [5.74, 6) is -0.244. The third-order valence-corrected chi connectivity index (χ3v) is 6.66. The molecule has 3 nitrogen and oxygen atoms in total. The molecule has 180 valence electrons. The van der Waals surface area contributed by atoms with Crippen LogP contribution in [0.15, 0.2) is 146 Å². The molecule has 0 unspecified atom stereocenters. The fourth-order valence-corrected chi connectivity index (χ4v) is 5.01. The highest BCUT2D eigenvalue weighted by atomic mass is 32.1. The average molecular weight is 499 g/mol. The van der Waals surface area contributed by atoms with Gasteiger partial charge in [0, 0.05) is 11.3 Å². The van der Waals surface area contributed by atoms with Crippen LogP contribution in [0.5, 0.6) is 0 Å². The molecule has 0 spiro atoms. The van der Waals surface area contributed by atoms with Crippen LogP contribution in [0.1, 0.15) is 32.6 Å². The second kappa shape index (κ2) is 11.0. The van der Waals surface area contributed by atoms with E-state index >= 15 is 0 Å². The number of carbonyl (C=O) groups is 1. The van der Waals surface area contributed by atoms with Crippen LogP contribution in [-0.4, -0.2) is 11.0 Å². The van der Waals surface area contributed by atoms with E-state index in [1.54, 1.807) is 12.1 Å². The summed E-state index contributed by atoms with van der Waals surface area (Å²) in [6, 6.07) is 49.0. The summed E-state index contributed by atoms with van der Waals surface area (Å²) in [6.45, 7) is 0. The molecule has 5 rings (SSSR count). The van der Waals surface area contributed by atoms with Crippen LogP contribution in [0.3, 0.4) is 0 Å². The second-order valence-corrected chi connectivity index (χ2v) is 9.11. The lowest BCUT2D eigenvalue weighted by atomic mass is 9.65.